The van der Waals surface area contributed by atoms with Crippen molar-refractivity contribution in [2.75, 3.05) is 11.9 Å². The molecule has 2 aromatic heterocycles. The summed E-state index contributed by atoms with van der Waals surface area (Å²) in [7, 11) is 0. The Morgan fingerprint density at radius 1 is 0.900 bits per heavy atom. The second-order valence-electron chi connectivity index (χ2n) is 6.83. The maximum absolute atomic E-state index is 12.5. The third-order valence-corrected chi connectivity index (χ3v) is 5.76. The minimum absolute atomic E-state index is 0.260. The summed E-state index contributed by atoms with van der Waals surface area (Å²) in [4.78, 5) is 35.3. The largest absolute Gasteiger partial charge is 0.313 e. The molecular weight excluding hydrogens is 400 g/mol. The van der Waals surface area contributed by atoms with E-state index in [-0.39, 0.29) is 18.4 Å². The summed E-state index contributed by atoms with van der Waals surface area (Å²) in [6.45, 7) is 2.14. The Kier molecular flexibility index (Phi) is 4.44. The predicted octanol–water partition coefficient (Wildman–Crippen LogP) is 3.37. The van der Waals surface area contributed by atoms with Crippen LogP contribution in [0.1, 0.15) is 31.4 Å². The van der Waals surface area contributed by atoms with Crippen LogP contribution in [0.2, 0.25) is 0 Å². The van der Waals surface area contributed by atoms with Crippen LogP contribution in [0.15, 0.2) is 48.5 Å². The lowest BCUT2D eigenvalue weighted by molar-refractivity contribution is 0.0656. The van der Waals surface area contributed by atoms with Crippen molar-refractivity contribution in [2.24, 2.45) is 0 Å². The fourth-order valence-electron chi connectivity index (χ4n) is 3.36. The fourth-order valence-corrected chi connectivity index (χ4v) is 4.09. The van der Waals surface area contributed by atoms with Gasteiger partial charge >= 0.3 is 0 Å². The summed E-state index contributed by atoms with van der Waals surface area (Å²) in [6, 6.07) is 14.5. The zero-order valence-corrected chi connectivity index (χ0v) is 16.8. The summed E-state index contributed by atoms with van der Waals surface area (Å²) in [5.41, 5.74) is 3.29. The van der Waals surface area contributed by atoms with Crippen LogP contribution in [-0.4, -0.2) is 43.4 Å². The summed E-state index contributed by atoms with van der Waals surface area (Å²) in [6.07, 6.45) is 0.438. The minimum atomic E-state index is -0.263. The summed E-state index contributed by atoms with van der Waals surface area (Å²) < 4.78 is 0. The SMILES string of the molecule is Cc1nc2ccccc2nc1Nc1nnc(CCN2C(=O)c3ccccc3C2=O)s1. The average Bonchev–Trinajstić information content (AvgIpc) is 3.30. The molecule has 0 saturated heterocycles. The van der Waals surface area contributed by atoms with E-state index in [4.69, 9.17) is 0 Å². The van der Waals surface area contributed by atoms with Crippen molar-refractivity contribution < 1.29 is 9.59 Å². The van der Waals surface area contributed by atoms with Gasteiger partial charge in [-0.3, -0.25) is 14.5 Å². The first-order valence-electron chi connectivity index (χ1n) is 9.38. The van der Waals surface area contributed by atoms with Crippen LogP contribution < -0.4 is 5.32 Å². The van der Waals surface area contributed by atoms with Crippen LogP contribution >= 0.6 is 11.3 Å². The molecule has 2 aromatic carbocycles. The third-order valence-electron chi connectivity index (χ3n) is 4.86. The van der Waals surface area contributed by atoms with Crippen molar-refractivity contribution in [1.29, 1.82) is 0 Å². The van der Waals surface area contributed by atoms with Gasteiger partial charge in [0.2, 0.25) is 5.13 Å². The monoisotopic (exact) mass is 416 g/mol. The molecule has 0 fully saturated rings. The zero-order valence-electron chi connectivity index (χ0n) is 16.0. The predicted molar refractivity (Wildman–Crippen MR) is 113 cm³/mol. The maximum Gasteiger partial charge on any atom is 0.261 e. The number of benzene rings is 2. The lowest BCUT2D eigenvalue weighted by Crippen LogP contribution is -2.31. The van der Waals surface area contributed by atoms with Gasteiger partial charge in [-0.25, -0.2) is 9.97 Å². The Labute approximate surface area is 175 Å². The van der Waals surface area contributed by atoms with E-state index in [1.807, 2.05) is 31.2 Å². The Morgan fingerprint density at radius 3 is 2.23 bits per heavy atom. The van der Waals surface area contributed by atoms with Gasteiger partial charge in [0.05, 0.1) is 27.9 Å². The van der Waals surface area contributed by atoms with E-state index in [1.165, 1.54) is 16.2 Å². The number of carbonyl (C=O) groups is 2. The molecule has 5 rings (SSSR count). The highest BCUT2D eigenvalue weighted by molar-refractivity contribution is 7.15. The van der Waals surface area contributed by atoms with Gasteiger partial charge in [-0.05, 0) is 31.2 Å². The molecular formula is C21H16N6O2S. The van der Waals surface area contributed by atoms with Crippen molar-refractivity contribution in [3.8, 4) is 0 Å². The maximum atomic E-state index is 12.5. The van der Waals surface area contributed by atoms with Gasteiger partial charge in [0.1, 0.15) is 5.01 Å². The number of hydrogen-bond acceptors (Lipinski definition) is 8. The highest BCUT2D eigenvalue weighted by atomic mass is 32.1. The number of nitrogens with zero attached hydrogens (tertiary/aromatic N) is 5. The number of imide groups is 1. The lowest BCUT2D eigenvalue weighted by atomic mass is 10.1. The van der Waals surface area contributed by atoms with Crippen LogP contribution in [0.25, 0.3) is 11.0 Å². The van der Waals surface area contributed by atoms with Gasteiger partial charge in [0.25, 0.3) is 11.8 Å². The van der Waals surface area contributed by atoms with Gasteiger partial charge in [-0.15, -0.1) is 10.2 Å². The van der Waals surface area contributed by atoms with E-state index >= 15 is 0 Å². The van der Waals surface area contributed by atoms with Crippen LogP contribution in [-0.2, 0) is 6.42 Å². The molecule has 8 nitrogen and oxygen atoms in total. The quantitative estimate of drug-likeness (QED) is 0.498. The first kappa shape index (κ1) is 18.3. The summed E-state index contributed by atoms with van der Waals surface area (Å²) >= 11 is 1.36. The number of carbonyl (C=O) groups excluding carboxylic acids is 2. The van der Waals surface area contributed by atoms with Gasteiger partial charge < -0.3 is 5.32 Å². The van der Waals surface area contributed by atoms with Crippen molar-refractivity contribution in [3.63, 3.8) is 0 Å². The number of anilines is 2. The average molecular weight is 416 g/mol. The molecule has 0 bridgehead atoms. The molecule has 0 atom stereocenters. The first-order valence-corrected chi connectivity index (χ1v) is 10.2. The van der Waals surface area contributed by atoms with Gasteiger partial charge in [-0.2, -0.15) is 0 Å². The Balaban J connectivity index is 1.28. The van der Waals surface area contributed by atoms with Gasteiger partial charge in [-0.1, -0.05) is 35.6 Å². The molecule has 1 N–H and O–H groups in total. The van der Waals surface area contributed by atoms with Gasteiger partial charge in [0.15, 0.2) is 5.82 Å². The highest BCUT2D eigenvalue weighted by Gasteiger charge is 2.34. The Hall–Kier alpha value is -3.72. The molecule has 1 aliphatic rings. The fraction of sp³-hybridized carbons (Fsp3) is 0.143. The van der Waals surface area contributed by atoms with E-state index in [2.05, 4.69) is 25.5 Å². The molecule has 3 heterocycles. The molecule has 0 spiro atoms. The molecule has 4 aromatic rings. The summed E-state index contributed by atoms with van der Waals surface area (Å²) in [5, 5.41) is 12.8. The van der Waals surface area contributed by atoms with E-state index < -0.39 is 0 Å². The van der Waals surface area contributed by atoms with Crippen LogP contribution in [0.4, 0.5) is 10.9 Å². The number of aromatic nitrogens is 4. The van der Waals surface area contributed by atoms with E-state index in [0.29, 0.717) is 28.5 Å². The molecule has 148 valence electrons. The van der Waals surface area contributed by atoms with Crippen LogP contribution in [0.5, 0.6) is 0 Å². The number of nitrogens with one attached hydrogen (secondary N) is 1. The Bertz CT molecular complexity index is 1270. The topological polar surface area (TPSA) is 101 Å². The van der Waals surface area contributed by atoms with Crippen molar-refractivity contribution >= 4 is 45.1 Å². The molecule has 1 aliphatic heterocycles. The molecule has 0 radical (unpaired) electrons. The molecule has 30 heavy (non-hydrogen) atoms. The standard InChI is InChI=1S/C21H16N6O2S/c1-12-18(23-16-9-5-4-8-15(16)22-12)24-21-26-25-17(30-21)10-11-27-19(28)13-6-2-3-7-14(13)20(27)29/h2-9H,10-11H2,1H3,(H,23,24,26). The number of rotatable bonds is 5. The summed E-state index contributed by atoms with van der Waals surface area (Å²) in [5.74, 6) is 0.0952. The highest BCUT2D eigenvalue weighted by Crippen LogP contribution is 2.25. The van der Waals surface area contributed by atoms with Gasteiger partial charge in [0, 0.05) is 13.0 Å². The molecule has 0 saturated carbocycles. The smallest absolute Gasteiger partial charge is 0.261 e. The van der Waals surface area contributed by atoms with Crippen molar-refractivity contribution in [2.45, 2.75) is 13.3 Å². The number of hydrogen-bond donors (Lipinski definition) is 1. The second-order valence-corrected chi connectivity index (χ2v) is 7.89. The number of amides is 2. The van der Waals surface area contributed by atoms with Crippen LogP contribution in [0, 0.1) is 6.92 Å². The zero-order chi connectivity index (χ0) is 20.7. The lowest BCUT2D eigenvalue weighted by Gasteiger charge is -2.12. The molecule has 9 heteroatoms. The number of aryl methyl sites for hydroxylation is 1. The second kappa shape index (κ2) is 7.27. The van der Waals surface area contributed by atoms with E-state index in [1.54, 1.807) is 24.3 Å². The Morgan fingerprint density at radius 2 is 1.53 bits per heavy atom. The molecule has 2 amide bonds. The first-order chi connectivity index (χ1) is 14.6. The minimum Gasteiger partial charge on any atom is -0.313 e. The number of para-hydroxylation sites is 2. The normalized spacial score (nSPS) is 13.2. The molecule has 0 aliphatic carbocycles. The molecule has 0 unspecified atom stereocenters. The van der Waals surface area contributed by atoms with Crippen molar-refractivity contribution in [1.82, 2.24) is 25.1 Å². The van der Waals surface area contributed by atoms with E-state index in [0.717, 1.165) is 21.7 Å². The van der Waals surface area contributed by atoms with E-state index in [9.17, 15) is 9.59 Å². The van der Waals surface area contributed by atoms with Crippen LogP contribution in [0.3, 0.4) is 0 Å². The van der Waals surface area contributed by atoms with Crippen molar-refractivity contribution in [3.05, 3.63) is 70.4 Å². The number of fused-ring (bicyclic) bond motifs is 2. The third kappa shape index (κ3) is 3.18.